The Kier molecular flexibility index (Phi) is 4.08. The van der Waals surface area contributed by atoms with Gasteiger partial charge in [0.1, 0.15) is 6.29 Å². The van der Waals surface area contributed by atoms with Gasteiger partial charge in [-0.3, -0.25) is 4.79 Å². The Morgan fingerprint density at radius 3 is 2.64 bits per heavy atom. The second kappa shape index (κ2) is 5.35. The number of aliphatic hydroxyl groups excluding tert-OH is 1. The summed E-state index contributed by atoms with van der Waals surface area (Å²) in [6.07, 6.45) is 2.49. The van der Waals surface area contributed by atoms with Crippen LogP contribution in [0.4, 0.5) is 0 Å². The van der Waals surface area contributed by atoms with E-state index in [2.05, 4.69) is 0 Å². The summed E-state index contributed by atoms with van der Waals surface area (Å²) >= 11 is 0. The third-order valence-corrected chi connectivity index (χ3v) is 2.03. The minimum absolute atomic E-state index is 0.481. The van der Waals surface area contributed by atoms with Gasteiger partial charge < -0.3 is 5.11 Å². The lowest BCUT2D eigenvalue weighted by Crippen LogP contribution is -1.95. The lowest BCUT2D eigenvalue weighted by atomic mass is 10.1. The van der Waals surface area contributed by atoms with Gasteiger partial charge in [0.25, 0.3) is 0 Å². The molecule has 0 aliphatic heterocycles. The number of rotatable bonds is 4. The number of benzene rings is 1. The highest BCUT2D eigenvalue weighted by Crippen LogP contribution is 2.16. The highest BCUT2D eigenvalue weighted by Gasteiger charge is 2.03. The molecular formula is C12H14O2. The number of hydrogen-bond acceptors (Lipinski definition) is 2. The van der Waals surface area contributed by atoms with Crippen molar-refractivity contribution in [2.75, 3.05) is 0 Å². The van der Waals surface area contributed by atoms with Crippen LogP contribution in [-0.2, 0) is 4.79 Å². The van der Waals surface area contributed by atoms with E-state index in [0.717, 1.165) is 11.8 Å². The van der Waals surface area contributed by atoms with Gasteiger partial charge in [0.2, 0.25) is 0 Å². The molecule has 0 fully saturated rings. The molecule has 0 bridgehead atoms. The molecule has 0 heterocycles. The first-order valence-corrected chi connectivity index (χ1v) is 4.59. The number of hydrogen-bond donors (Lipinski definition) is 1. The zero-order chi connectivity index (χ0) is 10.4. The van der Waals surface area contributed by atoms with Crippen LogP contribution in [0.1, 0.15) is 25.0 Å². The number of aldehydes is 1. The van der Waals surface area contributed by atoms with Crippen LogP contribution in [0.25, 0.3) is 0 Å². The molecule has 0 spiro atoms. The van der Waals surface area contributed by atoms with E-state index in [1.54, 1.807) is 13.0 Å². The van der Waals surface area contributed by atoms with Gasteiger partial charge in [-0.25, -0.2) is 0 Å². The van der Waals surface area contributed by atoms with Gasteiger partial charge in [0, 0.05) is 0 Å². The predicted molar refractivity (Wildman–Crippen MR) is 55.8 cm³/mol. The Labute approximate surface area is 83.9 Å². The predicted octanol–water partition coefficient (Wildman–Crippen LogP) is 2.26. The molecule has 1 N–H and O–H groups in total. The summed E-state index contributed by atoms with van der Waals surface area (Å²) in [5, 5.41) is 9.70. The minimum atomic E-state index is -0.522. The van der Waals surface area contributed by atoms with Crippen molar-refractivity contribution in [3.63, 3.8) is 0 Å². The number of allylic oxidation sites excluding steroid dienone is 1. The van der Waals surface area contributed by atoms with Crippen LogP contribution < -0.4 is 0 Å². The molecule has 74 valence electrons. The maximum atomic E-state index is 10.3. The molecule has 2 nitrogen and oxygen atoms in total. The molecule has 0 amide bonds. The standard InChI is InChI=1S/C12H14O2/c1-10(9-13)7-8-12(14)11-5-3-2-4-6-11/h2-7,9,12,14H,8H2,1H3/b10-7+. The molecule has 2 heteroatoms. The lowest BCUT2D eigenvalue weighted by Gasteiger charge is -2.07. The number of carbonyl (C=O) groups excluding carboxylic acids is 1. The van der Waals surface area contributed by atoms with Gasteiger partial charge >= 0.3 is 0 Å². The number of carbonyl (C=O) groups is 1. The van der Waals surface area contributed by atoms with E-state index in [9.17, 15) is 9.90 Å². The highest BCUT2D eigenvalue weighted by molar-refractivity contribution is 5.71. The van der Waals surface area contributed by atoms with Crippen LogP contribution in [0, 0.1) is 0 Å². The van der Waals surface area contributed by atoms with Crippen molar-refractivity contribution < 1.29 is 9.90 Å². The van der Waals surface area contributed by atoms with Crippen molar-refractivity contribution in [3.05, 3.63) is 47.5 Å². The summed E-state index contributed by atoms with van der Waals surface area (Å²) in [7, 11) is 0. The average Bonchev–Trinajstić information content (AvgIpc) is 2.26. The maximum Gasteiger partial charge on any atom is 0.145 e. The molecule has 1 unspecified atom stereocenters. The molecule has 14 heavy (non-hydrogen) atoms. The highest BCUT2D eigenvalue weighted by atomic mass is 16.3. The summed E-state index contributed by atoms with van der Waals surface area (Å²) < 4.78 is 0. The van der Waals surface area contributed by atoms with E-state index in [0.29, 0.717) is 12.0 Å². The van der Waals surface area contributed by atoms with Crippen molar-refractivity contribution in [3.8, 4) is 0 Å². The molecular weight excluding hydrogens is 176 g/mol. The second-order valence-corrected chi connectivity index (χ2v) is 3.23. The quantitative estimate of drug-likeness (QED) is 0.584. The van der Waals surface area contributed by atoms with Crippen molar-refractivity contribution >= 4 is 6.29 Å². The maximum absolute atomic E-state index is 10.3. The van der Waals surface area contributed by atoms with Gasteiger partial charge in [-0.05, 0) is 24.5 Å². The molecule has 0 saturated carbocycles. The minimum Gasteiger partial charge on any atom is -0.388 e. The summed E-state index contributed by atoms with van der Waals surface area (Å²) in [5.74, 6) is 0. The molecule has 1 aromatic rings. The molecule has 0 saturated heterocycles. The topological polar surface area (TPSA) is 37.3 Å². The Morgan fingerprint density at radius 1 is 1.43 bits per heavy atom. The van der Waals surface area contributed by atoms with Crippen molar-refractivity contribution in [1.29, 1.82) is 0 Å². The van der Waals surface area contributed by atoms with Crippen LogP contribution in [0.5, 0.6) is 0 Å². The van der Waals surface area contributed by atoms with Crippen molar-refractivity contribution in [2.24, 2.45) is 0 Å². The van der Waals surface area contributed by atoms with Crippen LogP contribution in [0.2, 0.25) is 0 Å². The summed E-state index contributed by atoms with van der Waals surface area (Å²) in [5.41, 5.74) is 1.53. The van der Waals surface area contributed by atoms with E-state index in [4.69, 9.17) is 0 Å². The fourth-order valence-electron chi connectivity index (χ4n) is 1.16. The normalized spacial score (nSPS) is 13.7. The molecule has 1 aromatic carbocycles. The first-order valence-electron chi connectivity index (χ1n) is 4.59. The van der Waals surface area contributed by atoms with Crippen LogP contribution in [0.15, 0.2) is 42.0 Å². The van der Waals surface area contributed by atoms with Gasteiger partial charge in [0.05, 0.1) is 6.10 Å². The van der Waals surface area contributed by atoms with Gasteiger partial charge in [-0.2, -0.15) is 0 Å². The fourth-order valence-corrected chi connectivity index (χ4v) is 1.16. The average molecular weight is 190 g/mol. The zero-order valence-electron chi connectivity index (χ0n) is 8.18. The summed E-state index contributed by atoms with van der Waals surface area (Å²) in [6, 6.07) is 9.41. The first kappa shape index (κ1) is 10.7. The third-order valence-electron chi connectivity index (χ3n) is 2.03. The Morgan fingerprint density at radius 2 is 2.07 bits per heavy atom. The molecule has 0 aliphatic carbocycles. The lowest BCUT2D eigenvalue weighted by molar-refractivity contribution is -0.104. The smallest absolute Gasteiger partial charge is 0.145 e. The fraction of sp³-hybridized carbons (Fsp3) is 0.250. The van der Waals surface area contributed by atoms with E-state index < -0.39 is 6.10 Å². The Bertz CT molecular complexity index is 314. The van der Waals surface area contributed by atoms with E-state index in [1.165, 1.54) is 0 Å². The van der Waals surface area contributed by atoms with E-state index in [1.807, 2.05) is 30.3 Å². The van der Waals surface area contributed by atoms with Crippen molar-refractivity contribution in [1.82, 2.24) is 0 Å². The SMILES string of the molecule is C/C(C=O)=C\CC(O)c1ccccc1. The monoisotopic (exact) mass is 190 g/mol. The Hall–Kier alpha value is -1.41. The van der Waals surface area contributed by atoms with Crippen LogP contribution in [-0.4, -0.2) is 11.4 Å². The van der Waals surface area contributed by atoms with E-state index >= 15 is 0 Å². The van der Waals surface area contributed by atoms with E-state index in [-0.39, 0.29) is 0 Å². The van der Waals surface area contributed by atoms with Crippen LogP contribution >= 0.6 is 0 Å². The third kappa shape index (κ3) is 3.15. The second-order valence-electron chi connectivity index (χ2n) is 3.23. The summed E-state index contributed by atoms with van der Waals surface area (Å²) in [4.78, 5) is 10.3. The molecule has 0 aromatic heterocycles. The van der Waals surface area contributed by atoms with Gasteiger partial charge in [0.15, 0.2) is 0 Å². The molecule has 0 radical (unpaired) electrons. The van der Waals surface area contributed by atoms with Crippen molar-refractivity contribution in [2.45, 2.75) is 19.4 Å². The first-order chi connectivity index (χ1) is 6.74. The molecule has 1 rings (SSSR count). The van der Waals surface area contributed by atoms with Gasteiger partial charge in [-0.1, -0.05) is 36.4 Å². The summed E-state index contributed by atoms with van der Waals surface area (Å²) in [6.45, 7) is 1.73. The number of aliphatic hydroxyl groups is 1. The molecule has 1 atom stereocenters. The zero-order valence-corrected chi connectivity index (χ0v) is 8.18. The largest absolute Gasteiger partial charge is 0.388 e. The van der Waals surface area contributed by atoms with Crippen LogP contribution in [0.3, 0.4) is 0 Å². The Balaban J connectivity index is 2.59. The van der Waals surface area contributed by atoms with Gasteiger partial charge in [-0.15, -0.1) is 0 Å². The molecule has 0 aliphatic rings.